The number of carboxylic acids is 1. The van der Waals surface area contributed by atoms with Gasteiger partial charge in [0.15, 0.2) is 0 Å². The molecule has 0 saturated carbocycles. The van der Waals surface area contributed by atoms with Gasteiger partial charge in [0.2, 0.25) is 10.0 Å². The maximum Gasteiger partial charge on any atom is 0.322 e. The van der Waals surface area contributed by atoms with E-state index in [9.17, 15) is 22.7 Å². The number of aryl methyl sites for hydroxylation is 1. The first kappa shape index (κ1) is 14.9. The van der Waals surface area contributed by atoms with Crippen molar-refractivity contribution in [3.8, 4) is 0 Å². The summed E-state index contributed by atoms with van der Waals surface area (Å²) in [7, 11) is -3.99. The molecule has 2 atom stereocenters. The first-order valence-corrected chi connectivity index (χ1v) is 7.70. The number of sulfonamides is 1. The normalized spacial score (nSPS) is 23.9. The number of nitrogens with zero attached hydrogens (tertiary/aromatic N) is 1. The highest BCUT2D eigenvalue weighted by molar-refractivity contribution is 7.89. The number of hydrogen-bond acceptors (Lipinski definition) is 3. The SMILES string of the molecule is Cc1ccc(S(=O)(=O)N2CCC(C)C2C(=O)O)cc1F. The highest BCUT2D eigenvalue weighted by Crippen LogP contribution is 2.30. The summed E-state index contributed by atoms with van der Waals surface area (Å²) in [6, 6.07) is 2.52. The molecule has 5 nitrogen and oxygen atoms in total. The number of halogens is 1. The average Bonchev–Trinajstić information content (AvgIpc) is 2.75. The summed E-state index contributed by atoms with van der Waals surface area (Å²) in [6.45, 7) is 3.36. The Kier molecular flexibility index (Phi) is 3.84. The molecular formula is C13H16FNO4S. The van der Waals surface area contributed by atoms with Crippen LogP contribution >= 0.6 is 0 Å². The van der Waals surface area contributed by atoms with Gasteiger partial charge in [-0.2, -0.15) is 4.31 Å². The fraction of sp³-hybridized carbons (Fsp3) is 0.462. The van der Waals surface area contributed by atoms with Gasteiger partial charge in [0.05, 0.1) is 4.90 Å². The van der Waals surface area contributed by atoms with Gasteiger partial charge in [0.25, 0.3) is 0 Å². The summed E-state index contributed by atoms with van der Waals surface area (Å²) in [5.41, 5.74) is 0.341. The molecule has 1 fully saturated rings. The van der Waals surface area contributed by atoms with Crippen molar-refractivity contribution >= 4 is 16.0 Å². The highest BCUT2D eigenvalue weighted by atomic mass is 32.2. The molecule has 0 aliphatic carbocycles. The molecule has 1 heterocycles. The van der Waals surface area contributed by atoms with E-state index in [1.54, 1.807) is 6.92 Å². The summed E-state index contributed by atoms with van der Waals surface area (Å²) in [4.78, 5) is 11.0. The van der Waals surface area contributed by atoms with Crippen molar-refractivity contribution in [1.82, 2.24) is 4.31 Å². The van der Waals surface area contributed by atoms with Crippen LogP contribution in [0.3, 0.4) is 0 Å². The molecule has 1 saturated heterocycles. The van der Waals surface area contributed by atoms with Crippen LogP contribution in [-0.2, 0) is 14.8 Å². The lowest BCUT2D eigenvalue weighted by Crippen LogP contribution is -2.42. The van der Waals surface area contributed by atoms with Crippen molar-refractivity contribution < 1.29 is 22.7 Å². The fourth-order valence-corrected chi connectivity index (χ4v) is 4.12. The zero-order valence-electron chi connectivity index (χ0n) is 11.2. The van der Waals surface area contributed by atoms with Crippen LogP contribution in [-0.4, -0.2) is 36.4 Å². The van der Waals surface area contributed by atoms with Crippen LogP contribution in [0, 0.1) is 18.7 Å². The molecule has 1 aromatic carbocycles. The molecule has 0 aromatic heterocycles. The maximum absolute atomic E-state index is 13.5. The van der Waals surface area contributed by atoms with Gasteiger partial charge in [-0.3, -0.25) is 4.79 Å². The van der Waals surface area contributed by atoms with E-state index in [0.717, 1.165) is 10.4 Å². The van der Waals surface area contributed by atoms with Crippen molar-refractivity contribution in [2.24, 2.45) is 5.92 Å². The van der Waals surface area contributed by atoms with Crippen LogP contribution in [0.4, 0.5) is 4.39 Å². The van der Waals surface area contributed by atoms with E-state index in [1.165, 1.54) is 19.1 Å². The van der Waals surface area contributed by atoms with Gasteiger partial charge in [-0.15, -0.1) is 0 Å². The first-order valence-electron chi connectivity index (χ1n) is 6.26. The molecule has 110 valence electrons. The van der Waals surface area contributed by atoms with Crippen LogP contribution < -0.4 is 0 Å². The molecule has 0 amide bonds. The second-order valence-electron chi connectivity index (χ2n) is 5.08. The third kappa shape index (κ3) is 2.43. The van der Waals surface area contributed by atoms with Crippen molar-refractivity contribution in [3.05, 3.63) is 29.6 Å². The Balaban J connectivity index is 2.44. The van der Waals surface area contributed by atoms with Crippen LogP contribution in [0.1, 0.15) is 18.9 Å². The van der Waals surface area contributed by atoms with Crippen molar-refractivity contribution in [1.29, 1.82) is 0 Å². The topological polar surface area (TPSA) is 74.7 Å². The van der Waals surface area contributed by atoms with Gasteiger partial charge >= 0.3 is 5.97 Å². The number of hydrogen-bond donors (Lipinski definition) is 1. The lowest BCUT2D eigenvalue weighted by molar-refractivity contribution is -0.141. The van der Waals surface area contributed by atoms with Crippen molar-refractivity contribution in [2.75, 3.05) is 6.54 Å². The third-order valence-corrected chi connectivity index (χ3v) is 5.53. The van der Waals surface area contributed by atoms with Gasteiger partial charge in [-0.05, 0) is 37.0 Å². The summed E-state index contributed by atoms with van der Waals surface area (Å²) in [5, 5.41) is 9.18. The monoisotopic (exact) mass is 301 g/mol. The average molecular weight is 301 g/mol. The molecule has 1 aliphatic rings. The summed E-state index contributed by atoms with van der Waals surface area (Å²) in [5.74, 6) is -2.06. The molecule has 0 bridgehead atoms. The van der Waals surface area contributed by atoms with Gasteiger partial charge in [0, 0.05) is 6.54 Å². The first-order chi connectivity index (χ1) is 9.25. The maximum atomic E-state index is 13.5. The molecule has 1 aliphatic heterocycles. The van der Waals surface area contributed by atoms with E-state index < -0.39 is 27.9 Å². The molecule has 1 aromatic rings. The zero-order chi connectivity index (χ0) is 15.1. The Hall–Kier alpha value is -1.47. The summed E-state index contributed by atoms with van der Waals surface area (Å²) in [6.07, 6.45) is 0.477. The van der Waals surface area contributed by atoms with Crippen LogP contribution in [0.5, 0.6) is 0 Å². The fourth-order valence-electron chi connectivity index (χ4n) is 2.42. The highest BCUT2D eigenvalue weighted by Gasteiger charge is 2.43. The second kappa shape index (κ2) is 5.14. The van der Waals surface area contributed by atoms with Crippen LogP contribution in [0.25, 0.3) is 0 Å². The van der Waals surface area contributed by atoms with Crippen LogP contribution in [0.15, 0.2) is 23.1 Å². The number of carboxylic acid groups (broad SMARTS) is 1. The van der Waals surface area contributed by atoms with Crippen molar-refractivity contribution in [3.63, 3.8) is 0 Å². The second-order valence-corrected chi connectivity index (χ2v) is 6.97. The van der Waals surface area contributed by atoms with E-state index in [2.05, 4.69) is 0 Å². The molecular weight excluding hydrogens is 285 g/mol. The molecule has 7 heteroatoms. The molecule has 1 N–H and O–H groups in total. The molecule has 2 unspecified atom stereocenters. The Morgan fingerprint density at radius 3 is 2.65 bits per heavy atom. The number of aliphatic carboxylic acids is 1. The van der Waals surface area contributed by atoms with Gasteiger partial charge < -0.3 is 5.11 Å². The lowest BCUT2D eigenvalue weighted by atomic mass is 10.0. The summed E-state index contributed by atoms with van der Waals surface area (Å²) >= 11 is 0. The van der Waals surface area contributed by atoms with Gasteiger partial charge in [0.1, 0.15) is 11.9 Å². The Bertz CT molecular complexity index is 644. The Morgan fingerprint density at radius 2 is 2.10 bits per heavy atom. The minimum absolute atomic E-state index is 0.135. The standard InChI is InChI=1S/C13H16FNO4S/c1-8-3-4-10(7-11(8)14)20(18,19)15-6-5-9(2)12(15)13(16)17/h3-4,7,9,12H,5-6H2,1-2H3,(H,16,17). The zero-order valence-corrected chi connectivity index (χ0v) is 12.0. The molecule has 0 spiro atoms. The van der Waals surface area contributed by atoms with Gasteiger partial charge in [-0.25, -0.2) is 12.8 Å². The van der Waals surface area contributed by atoms with E-state index in [4.69, 9.17) is 0 Å². The third-order valence-electron chi connectivity index (χ3n) is 3.66. The number of carbonyl (C=O) groups is 1. The lowest BCUT2D eigenvalue weighted by Gasteiger charge is -2.22. The van der Waals surface area contributed by atoms with Crippen molar-refractivity contribution in [2.45, 2.75) is 31.2 Å². The number of benzene rings is 1. The number of rotatable bonds is 3. The molecule has 20 heavy (non-hydrogen) atoms. The largest absolute Gasteiger partial charge is 0.480 e. The van der Waals surface area contributed by atoms with E-state index in [1.807, 2.05) is 0 Å². The summed E-state index contributed by atoms with van der Waals surface area (Å²) < 4.78 is 39.4. The minimum Gasteiger partial charge on any atom is -0.480 e. The molecule has 0 radical (unpaired) electrons. The predicted molar refractivity (Wildman–Crippen MR) is 70.2 cm³/mol. The quantitative estimate of drug-likeness (QED) is 0.920. The minimum atomic E-state index is -3.99. The Labute approximate surface area is 117 Å². The molecule has 2 rings (SSSR count). The Morgan fingerprint density at radius 1 is 1.45 bits per heavy atom. The van der Waals surface area contributed by atoms with Crippen LogP contribution in [0.2, 0.25) is 0 Å². The van der Waals surface area contributed by atoms with E-state index in [0.29, 0.717) is 12.0 Å². The predicted octanol–water partition coefficient (Wildman–Crippen LogP) is 1.62. The van der Waals surface area contributed by atoms with E-state index >= 15 is 0 Å². The smallest absolute Gasteiger partial charge is 0.322 e. The van der Waals surface area contributed by atoms with E-state index in [-0.39, 0.29) is 17.4 Å². The van der Waals surface area contributed by atoms with Gasteiger partial charge in [-0.1, -0.05) is 13.0 Å².